The minimum absolute atomic E-state index is 0.0636. The van der Waals surface area contributed by atoms with Gasteiger partial charge < -0.3 is 10.5 Å². The van der Waals surface area contributed by atoms with Gasteiger partial charge in [0.05, 0.1) is 5.56 Å². The quantitative estimate of drug-likeness (QED) is 0.863. The van der Waals surface area contributed by atoms with Crippen LogP contribution in [0.2, 0.25) is 0 Å². The fraction of sp³-hybridized carbons (Fsp3) is 0.571. The Kier molecular flexibility index (Phi) is 4.65. The summed E-state index contributed by atoms with van der Waals surface area (Å²) >= 11 is 0. The molecule has 1 saturated heterocycles. The molecule has 1 aromatic rings. The van der Waals surface area contributed by atoms with Crippen LogP contribution in [0.15, 0.2) is 18.2 Å². The summed E-state index contributed by atoms with van der Waals surface area (Å²) in [5.74, 6) is -0.979. The minimum Gasteiger partial charge on any atom is -0.381 e. The normalized spacial score (nSPS) is 19.1. The summed E-state index contributed by atoms with van der Waals surface area (Å²) in [5, 5.41) is 0. The van der Waals surface area contributed by atoms with Crippen molar-refractivity contribution < 1.29 is 22.3 Å². The van der Waals surface area contributed by atoms with E-state index >= 15 is 0 Å². The number of halogens is 4. The molecule has 2 N–H and O–H groups in total. The zero-order chi connectivity index (χ0) is 14.8. The first-order valence-electron chi connectivity index (χ1n) is 6.58. The maximum Gasteiger partial charge on any atom is 0.419 e. The molecule has 2 nitrogen and oxygen atoms in total. The lowest BCUT2D eigenvalue weighted by Gasteiger charge is -2.25. The van der Waals surface area contributed by atoms with E-state index < -0.39 is 23.6 Å². The number of rotatable bonds is 3. The van der Waals surface area contributed by atoms with Gasteiger partial charge in [0.1, 0.15) is 5.82 Å². The Morgan fingerprint density at radius 2 is 1.90 bits per heavy atom. The Hall–Kier alpha value is -1.14. The van der Waals surface area contributed by atoms with Crippen molar-refractivity contribution in [2.24, 2.45) is 11.7 Å². The van der Waals surface area contributed by atoms with E-state index in [0.29, 0.717) is 19.6 Å². The van der Waals surface area contributed by atoms with E-state index in [-0.39, 0.29) is 11.5 Å². The molecule has 1 atom stereocenters. The monoisotopic (exact) mass is 291 g/mol. The van der Waals surface area contributed by atoms with Crippen molar-refractivity contribution >= 4 is 0 Å². The summed E-state index contributed by atoms with van der Waals surface area (Å²) in [6.07, 6.45) is -2.59. The SMILES string of the molecule is NC(CC1CCOCC1)c1cccc(C(F)(F)F)c1F. The molecule has 1 heterocycles. The lowest BCUT2D eigenvalue weighted by atomic mass is 9.89. The van der Waals surface area contributed by atoms with Gasteiger partial charge in [0.15, 0.2) is 0 Å². The molecule has 112 valence electrons. The van der Waals surface area contributed by atoms with Gasteiger partial charge in [-0.1, -0.05) is 12.1 Å². The first-order valence-corrected chi connectivity index (χ1v) is 6.58. The summed E-state index contributed by atoms with van der Waals surface area (Å²) in [5.41, 5.74) is 4.57. The van der Waals surface area contributed by atoms with Crippen molar-refractivity contribution in [3.8, 4) is 0 Å². The van der Waals surface area contributed by atoms with Crippen molar-refractivity contribution in [2.45, 2.75) is 31.5 Å². The van der Waals surface area contributed by atoms with Gasteiger partial charge in [-0.25, -0.2) is 4.39 Å². The van der Waals surface area contributed by atoms with E-state index in [1.807, 2.05) is 0 Å². The molecule has 0 spiro atoms. The number of hydrogen-bond donors (Lipinski definition) is 1. The van der Waals surface area contributed by atoms with Crippen LogP contribution in [0.4, 0.5) is 17.6 Å². The number of alkyl halides is 3. The molecule has 0 aliphatic carbocycles. The highest BCUT2D eigenvalue weighted by Crippen LogP contribution is 2.35. The van der Waals surface area contributed by atoms with E-state index in [4.69, 9.17) is 10.5 Å². The molecule has 1 unspecified atom stereocenters. The topological polar surface area (TPSA) is 35.2 Å². The highest BCUT2D eigenvalue weighted by Gasteiger charge is 2.35. The van der Waals surface area contributed by atoms with Gasteiger partial charge in [-0.2, -0.15) is 13.2 Å². The molecule has 0 amide bonds. The third-order valence-corrected chi connectivity index (χ3v) is 3.66. The van der Waals surface area contributed by atoms with Crippen LogP contribution in [-0.4, -0.2) is 13.2 Å². The maximum absolute atomic E-state index is 13.9. The van der Waals surface area contributed by atoms with Crippen LogP contribution in [-0.2, 0) is 10.9 Å². The molecule has 1 aliphatic rings. The third kappa shape index (κ3) is 3.49. The summed E-state index contributed by atoms with van der Waals surface area (Å²) < 4.78 is 57.1. The highest BCUT2D eigenvalue weighted by molar-refractivity contribution is 5.30. The van der Waals surface area contributed by atoms with Crippen LogP contribution in [0.25, 0.3) is 0 Å². The molecule has 20 heavy (non-hydrogen) atoms. The van der Waals surface area contributed by atoms with E-state index in [9.17, 15) is 17.6 Å². The Morgan fingerprint density at radius 3 is 2.50 bits per heavy atom. The lowest BCUT2D eigenvalue weighted by Crippen LogP contribution is -2.23. The highest BCUT2D eigenvalue weighted by atomic mass is 19.4. The Labute approximate surface area is 114 Å². The van der Waals surface area contributed by atoms with Gasteiger partial charge in [0.2, 0.25) is 0 Å². The molecular formula is C14H17F4NO. The number of benzene rings is 1. The molecule has 0 radical (unpaired) electrons. The van der Waals surface area contributed by atoms with Gasteiger partial charge >= 0.3 is 6.18 Å². The largest absolute Gasteiger partial charge is 0.419 e. The van der Waals surface area contributed by atoms with Crippen LogP contribution < -0.4 is 5.73 Å². The van der Waals surface area contributed by atoms with Gasteiger partial charge in [0, 0.05) is 24.8 Å². The van der Waals surface area contributed by atoms with Crippen LogP contribution in [0, 0.1) is 11.7 Å². The van der Waals surface area contributed by atoms with Crippen LogP contribution in [0.1, 0.15) is 36.4 Å². The smallest absolute Gasteiger partial charge is 0.381 e. The first kappa shape index (κ1) is 15.3. The van der Waals surface area contributed by atoms with Crippen molar-refractivity contribution in [3.63, 3.8) is 0 Å². The molecular weight excluding hydrogens is 274 g/mol. The summed E-state index contributed by atoms with van der Waals surface area (Å²) in [6, 6.07) is 2.54. The fourth-order valence-electron chi connectivity index (χ4n) is 2.52. The summed E-state index contributed by atoms with van der Waals surface area (Å²) in [7, 11) is 0. The van der Waals surface area contributed by atoms with E-state index in [1.165, 1.54) is 12.1 Å². The average molecular weight is 291 g/mol. The van der Waals surface area contributed by atoms with Crippen LogP contribution in [0.5, 0.6) is 0 Å². The predicted octanol–water partition coefficient (Wildman–Crippen LogP) is 3.66. The van der Waals surface area contributed by atoms with E-state index in [2.05, 4.69) is 0 Å². The Bertz CT molecular complexity index is 455. The van der Waals surface area contributed by atoms with Crippen LogP contribution in [0.3, 0.4) is 0 Å². The maximum atomic E-state index is 13.9. The molecule has 0 aromatic heterocycles. The Morgan fingerprint density at radius 1 is 1.25 bits per heavy atom. The molecule has 1 aromatic carbocycles. The molecule has 2 rings (SSSR count). The molecule has 1 fully saturated rings. The van der Waals surface area contributed by atoms with Crippen molar-refractivity contribution in [3.05, 3.63) is 35.1 Å². The molecule has 0 bridgehead atoms. The minimum atomic E-state index is -4.70. The van der Waals surface area contributed by atoms with Crippen molar-refractivity contribution in [2.75, 3.05) is 13.2 Å². The third-order valence-electron chi connectivity index (χ3n) is 3.66. The second kappa shape index (κ2) is 6.10. The fourth-order valence-corrected chi connectivity index (χ4v) is 2.52. The predicted molar refractivity (Wildman–Crippen MR) is 66.5 cm³/mol. The van der Waals surface area contributed by atoms with Crippen molar-refractivity contribution in [1.82, 2.24) is 0 Å². The number of hydrogen-bond acceptors (Lipinski definition) is 2. The van der Waals surface area contributed by atoms with Gasteiger partial charge in [-0.3, -0.25) is 0 Å². The molecule has 6 heteroatoms. The summed E-state index contributed by atoms with van der Waals surface area (Å²) in [6.45, 7) is 1.25. The van der Waals surface area contributed by atoms with Gasteiger partial charge in [0.25, 0.3) is 0 Å². The zero-order valence-corrected chi connectivity index (χ0v) is 10.9. The van der Waals surface area contributed by atoms with E-state index in [1.54, 1.807) is 0 Å². The van der Waals surface area contributed by atoms with Crippen LogP contribution >= 0.6 is 0 Å². The average Bonchev–Trinajstić information content (AvgIpc) is 2.38. The number of ether oxygens (including phenoxy) is 1. The van der Waals surface area contributed by atoms with E-state index in [0.717, 1.165) is 18.9 Å². The number of nitrogens with two attached hydrogens (primary N) is 1. The molecule has 0 saturated carbocycles. The zero-order valence-electron chi connectivity index (χ0n) is 10.9. The van der Waals surface area contributed by atoms with Gasteiger partial charge in [-0.05, 0) is 31.2 Å². The van der Waals surface area contributed by atoms with Gasteiger partial charge in [-0.15, -0.1) is 0 Å². The second-order valence-corrected chi connectivity index (χ2v) is 5.10. The van der Waals surface area contributed by atoms with Crippen molar-refractivity contribution in [1.29, 1.82) is 0 Å². The lowest BCUT2D eigenvalue weighted by molar-refractivity contribution is -0.140. The second-order valence-electron chi connectivity index (χ2n) is 5.10. The standard InChI is InChI=1S/C14H17F4NO/c15-13-10(2-1-3-11(13)14(16,17)18)12(19)8-9-4-6-20-7-5-9/h1-3,9,12H,4-8,19H2. The first-order chi connectivity index (χ1) is 9.39. The molecule has 1 aliphatic heterocycles. The Balaban J connectivity index is 2.15. The summed E-state index contributed by atoms with van der Waals surface area (Å²) in [4.78, 5) is 0.